The first-order chi connectivity index (χ1) is 7.34. The Bertz CT molecular complexity index is 252. The maximum Gasteiger partial charge on any atom is 0.310 e. The van der Waals surface area contributed by atoms with Gasteiger partial charge in [-0.15, -0.1) is 0 Å². The largest absolute Gasteiger partial charge is 0.481 e. The molecule has 5 heteroatoms. The maximum absolute atomic E-state index is 11.3. The summed E-state index contributed by atoms with van der Waals surface area (Å²) < 4.78 is 0. The highest BCUT2D eigenvalue weighted by Crippen LogP contribution is 2.35. The van der Waals surface area contributed by atoms with Crippen molar-refractivity contribution >= 4 is 11.9 Å². The van der Waals surface area contributed by atoms with Crippen LogP contribution in [0.3, 0.4) is 0 Å². The molecule has 0 radical (unpaired) electrons. The second-order valence-corrected chi connectivity index (χ2v) is 4.65. The Kier molecular flexibility index (Phi) is 6.03. The van der Waals surface area contributed by atoms with Crippen LogP contribution in [0.25, 0.3) is 0 Å². The number of carbonyl (C=O) groups is 2. The molecule has 0 aromatic heterocycles. The minimum absolute atomic E-state index is 0.147. The van der Waals surface area contributed by atoms with Crippen molar-refractivity contribution in [2.24, 2.45) is 17.1 Å². The van der Waals surface area contributed by atoms with Gasteiger partial charge in [0.05, 0.1) is 11.8 Å². The van der Waals surface area contributed by atoms with Crippen molar-refractivity contribution in [1.29, 1.82) is 0 Å². The van der Waals surface area contributed by atoms with E-state index in [1.165, 1.54) is 0 Å². The standard InChI is InChI=1S/C11H21NO4/c1-8(2)6-11(10(15)16,4-3-5-12)7-9(13)14/h8H,3-7,12H2,1-2H3,(H,13,14)(H,15,16)/t11-/m0/s1. The smallest absolute Gasteiger partial charge is 0.310 e. The molecule has 0 aromatic rings. The molecule has 0 saturated carbocycles. The number of hydrogen-bond acceptors (Lipinski definition) is 3. The molecule has 0 unspecified atom stereocenters. The van der Waals surface area contributed by atoms with Gasteiger partial charge in [-0.3, -0.25) is 9.59 Å². The van der Waals surface area contributed by atoms with Gasteiger partial charge in [-0.05, 0) is 31.7 Å². The van der Waals surface area contributed by atoms with E-state index < -0.39 is 17.4 Å². The van der Waals surface area contributed by atoms with Crippen LogP contribution >= 0.6 is 0 Å². The van der Waals surface area contributed by atoms with Crippen LogP contribution in [0.1, 0.15) is 39.5 Å². The molecule has 0 aliphatic heterocycles. The van der Waals surface area contributed by atoms with Crippen molar-refractivity contribution in [3.63, 3.8) is 0 Å². The summed E-state index contributed by atoms with van der Waals surface area (Å²) in [5.74, 6) is -1.95. The van der Waals surface area contributed by atoms with Gasteiger partial charge >= 0.3 is 11.9 Å². The molecule has 0 amide bonds. The molecule has 0 aromatic carbocycles. The molecule has 0 saturated heterocycles. The first-order valence-electron chi connectivity index (χ1n) is 5.49. The minimum Gasteiger partial charge on any atom is -0.481 e. The highest BCUT2D eigenvalue weighted by atomic mass is 16.4. The predicted octanol–water partition coefficient (Wildman–Crippen LogP) is 1.32. The first-order valence-corrected chi connectivity index (χ1v) is 5.49. The average molecular weight is 231 g/mol. The summed E-state index contributed by atoms with van der Waals surface area (Å²) in [7, 11) is 0. The summed E-state index contributed by atoms with van der Waals surface area (Å²) in [6.45, 7) is 4.16. The summed E-state index contributed by atoms with van der Waals surface area (Å²) in [6.07, 6.45) is 0.894. The molecule has 0 heterocycles. The quantitative estimate of drug-likeness (QED) is 0.585. The molecule has 5 nitrogen and oxygen atoms in total. The number of aliphatic carboxylic acids is 2. The molecule has 0 rings (SSSR count). The fourth-order valence-electron chi connectivity index (χ4n) is 2.04. The third-order valence-electron chi connectivity index (χ3n) is 2.60. The van der Waals surface area contributed by atoms with Gasteiger partial charge in [0.25, 0.3) is 0 Å². The fourth-order valence-corrected chi connectivity index (χ4v) is 2.04. The van der Waals surface area contributed by atoms with Crippen molar-refractivity contribution < 1.29 is 19.8 Å². The Balaban J connectivity index is 4.88. The Morgan fingerprint density at radius 3 is 2.19 bits per heavy atom. The van der Waals surface area contributed by atoms with Crippen LogP contribution in [0.15, 0.2) is 0 Å². The lowest BCUT2D eigenvalue weighted by Crippen LogP contribution is -2.35. The van der Waals surface area contributed by atoms with Crippen LogP contribution in [0.2, 0.25) is 0 Å². The van der Waals surface area contributed by atoms with Gasteiger partial charge in [-0.2, -0.15) is 0 Å². The van der Waals surface area contributed by atoms with E-state index >= 15 is 0 Å². The van der Waals surface area contributed by atoms with Crippen molar-refractivity contribution in [2.45, 2.75) is 39.5 Å². The van der Waals surface area contributed by atoms with Crippen molar-refractivity contribution in [3.8, 4) is 0 Å². The van der Waals surface area contributed by atoms with E-state index in [2.05, 4.69) is 0 Å². The summed E-state index contributed by atoms with van der Waals surface area (Å²) in [4.78, 5) is 22.1. The van der Waals surface area contributed by atoms with E-state index in [0.29, 0.717) is 25.8 Å². The molecular formula is C11H21NO4. The lowest BCUT2D eigenvalue weighted by atomic mass is 9.74. The van der Waals surface area contributed by atoms with Gasteiger partial charge in [0.1, 0.15) is 0 Å². The van der Waals surface area contributed by atoms with E-state index in [4.69, 9.17) is 10.8 Å². The Morgan fingerprint density at radius 2 is 1.88 bits per heavy atom. The summed E-state index contributed by atoms with van der Waals surface area (Å²) in [5, 5.41) is 18.1. The number of carboxylic acid groups (broad SMARTS) is 2. The summed E-state index contributed by atoms with van der Waals surface area (Å²) >= 11 is 0. The van der Waals surface area contributed by atoms with Crippen molar-refractivity contribution in [2.75, 3.05) is 6.54 Å². The molecule has 94 valence electrons. The number of rotatable bonds is 8. The topological polar surface area (TPSA) is 101 Å². The Labute approximate surface area is 95.6 Å². The highest BCUT2D eigenvalue weighted by molar-refractivity contribution is 5.81. The van der Waals surface area contributed by atoms with Crippen LogP contribution in [-0.2, 0) is 9.59 Å². The zero-order valence-electron chi connectivity index (χ0n) is 9.90. The number of hydrogen-bond donors (Lipinski definition) is 3. The molecular weight excluding hydrogens is 210 g/mol. The predicted molar refractivity (Wildman–Crippen MR) is 60.1 cm³/mol. The van der Waals surface area contributed by atoms with Crippen LogP contribution in [-0.4, -0.2) is 28.7 Å². The van der Waals surface area contributed by atoms with E-state index in [1.807, 2.05) is 13.8 Å². The molecule has 1 atom stereocenters. The number of nitrogens with two attached hydrogens (primary N) is 1. The van der Waals surface area contributed by atoms with Gasteiger partial charge < -0.3 is 15.9 Å². The zero-order chi connectivity index (χ0) is 12.8. The van der Waals surface area contributed by atoms with Crippen molar-refractivity contribution in [1.82, 2.24) is 0 Å². The third kappa shape index (κ3) is 4.61. The van der Waals surface area contributed by atoms with Crippen LogP contribution in [0, 0.1) is 11.3 Å². The van der Waals surface area contributed by atoms with Crippen LogP contribution in [0.5, 0.6) is 0 Å². The van der Waals surface area contributed by atoms with Crippen LogP contribution < -0.4 is 5.73 Å². The highest BCUT2D eigenvalue weighted by Gasteiger charge is 2.40. The SMILES string of the molecule is CC(C)C[C@@](CCCN)(CC(=O)O)C(=O)O. The zero-order valence-corrected chi connectivity index (χ0v) is 9.90. The Morgan fingerprint density at radius 1 is 1.31 bits per heavy atom. The van der Waals surface area contributed by atoms with Gasteiger partial charge in [-0.1, -0.05) is 13.8 Å². The van der Waals surface area contributed by atoms with Gasteiger partial charge in [0, 0.05) is 0 Å². The molecule has 4 N–H and O–H groups in total. The summed E-state index contributed by atoms with van der Waals surface area (Å²) in [6, 6.07) is 0. The number of carboxylic acids is 2. The molecule has 0 spiro atoms. The van der Waals surface area contributed by atoms with Crippen molar-refractivity contribution in [3.05, 3.63) is 0 Å². The van der Waals surface area contributed by atoms with Gasteiger partial charge in [0.15, 0.2) is 0 Å². The Hall–Kier alpha value is -1.10. The average Bonchev–Trinajstić information content (AvgIpc) is 2.11. The maximum atomic E-state index is 11.3. The lowest BCUT2D eigenvalue weighted by molar-refractivity contribution is -0.157. The first kappa shape index (κ1) is 14.9. The summed E-state index contributed by atoms with van der Waals surface area (Å²) in [5.41, 5.74) is 4.19. The van der Waals surface area contributed by atoms with Crippen LogP contribution in [0.4, 0.5) is 0 Å². The molecule has 0 aliphatic rings. The second kappa shape index (κ2) is 6.48. The second-order valence-electron chi connectivity index (χ2n) is 4.65. The monoisotopic (exact) mass is 231 g/mol. The van der Waals surface area contributed by atoms with Gasteiger partial charge in [-0.25, -0.2) is 0 Å². The van der Waals surface area contributed by atoms with E-state index in [-0.39, 0.29) is 12.3 Å². The molecule has 0 bridgehead atoms. The molecule has 0 aliphatic carbocycles. The molecule has 16 heavy (non-hydrogen) atoms. The fraction of sp³-hybridized carbons (Fsp3) is 0.818. The molecule has 0 fully saturated rings. The van der Waals surface area contributed by atoms with E-state index in [9.17, 15) is 14.7 Å². The van der Waals surface area contributed by atoms with E-state index in [1.54, 1.807) is 0 Å². The van der Waals surface area contributed by atoms with Gasteiger partial charge in [0.2, 0.25) is 0 Å². The third-order valence-corrected chi connectivity index (χ3v) is 2.60. The minimum atomic E-state index is -1.17. The van der Waals surface area contributed by atoms with E-state index in [0.717, 1.165) is 0 Å². The normalized spacial score (nSPS) is 14.8. The lowest BCUT2D eigenvalue weighted by Gasteiger charge is -2.29.